The highest BCUT2D eigenvalue weighted by Crippen LogP contribution is 2.24. The van der Waals surface area contributed by atoms with Gasteiger partial charge in [0.1, 0.15) is 12.4 Å². The summed E-state index contributed by atoms with van der Waals surface area (Å²) in [5.74, 6) is 0.383. The van der Waals surface area contributed by atoms with E-state index in [-0.39, 0.29) is 12.3 Å². The minimum atomic E-state index is -0.349. The predicted molar refractivity (Wildman–Crippen MR) is 79.6 cm³/mol. The van der Waals surface area contributed by atoms with Crippen LogP contribution in [0.5, 0.6) is 5.75 Å². The van der Waals surface area contributed by atoms with Crippen LogP contribution >= 0.6 is 0 Å². The molecule has 3 nitrogen and oxygen atoms in total. The van der Waals surface area contributed by atoms with Crippen molar-refractivity contribution in [3.05, 3.63) is 64.7 Å². The van der Waals surface area contributed by atoms with Crippen molar-refractivity contribution in [2.24, 2.45) is 5.73 Å². The Bertz CT molecular complexity index is 606. The molecule has 2 rings (SSSR count). The quantitative estimate of drug-likeness (QED) is 0.907. The van der Waals surface area contributed by atoms with Gasteiger partial charge >= 0.3 is 0 Å². The zero-order valence-corrected chi connectivity index (χ0v) is 11.8. The highest BCUT2D eigenvalue weighted by molar-refractivity contribution is 5.77. The zero-order chi connectivity index (χ0) is 14.5. The average Bonchev–Trinajstić information content (AvgIpc) is 2.42. The summed E-state index contributed by atoms with van der Waals surface area (Å²) in [6.07, 6.45) is 0.200. The Morgan fingerprint density at radius 2 is 1.75 bits per heavy atom. The average molecular weight is 269 g/mol. The van der Waals surface area contributed by atoms with Gasteiger partial charge in [-0.1, -0.05) is 36.4 Å². The van der Waals surface area contributed by atoms with E-state index in [4.69, 9.17) is 10.5 Å². The molecule has 0 spiro atoms. The largest absolute Gasteiger partial charge is 0.489 e. The SMILES string of the molecule is Cc1cc(CC(N)=O)c(OCc2ccccc2)cc1C. The second-order valence-corrected chi connectivity index (χ2v) is 4.96. The summed E-state index contributed by atoms with van der Waals surface area (Å²) in [6, 6.07) is 13.9. The van der Waals surface area contributed by atoms with Crippen molar-refractivity contribution in [1.82, 2.24) is 0 Å². The molecule has 0 aliphatic heterocycles. The van der Waals surface area contributed by atoms with E-state index in [9.17, 15) is 4.79 Å². The molecule has 0 bridgehead atoms. The van der Waals surface area contributed by atoms with E-state index in [0.29, 0.717) is 6.61 Å². The van der Waals surface area contributed by atoms with Crippen molar-refractivity contribution in [3.63, 3.8) is 0 Å². The Morgan fingerprint density at radius 1 is 1.10 bits per heavy atom. The van der Waals surface area contributed by atoms with Crippen LogP contribution in [0.15, 0.2) is 42.5 Å². The fourth-order valence-electron chi connectivity index (χ4n) is 2.05. The second-order valence-electron chi connectivity index (χ2n) is 4.96. The first-order valence-electron chi connectivity index (χ1n) is 6.61. The lowest BCUT2D eigenvalue weighted by atomic mass is 10.0. The third kappa shape index (κ3) is 3.60. The number of hydrogen-bond donors (Lipinski definition) is 1. The minimum absolute atomic E-state index is 0.200. The molecule has 2 aromatic rings. The Hall–Kier alpha value is -2.29. The van der Waals surface area contributed by atoms with E-state index >= 15 is 0 Å². The third-order valence-corrected chi connectivity index (χ3v) is 3.28. The molecule has 0 fully saturated rings. The van der Waals surface area contributed by atoms with Crippen LogP contribution in [0.3, 0.4) is 0 Å². The van der Waals surface area contributed by atoms with Gasteiger partial charge in [0.2, 0.25) is 5.91 Å². The summed E-state index contributed by atoms with van der Waals surface area (Å²) in [5, 5.41) is 0. The van der Waals surface area contributed by atoms with Gasteiger partial charge in [0.05, 0.1) is 6.42 Å². The number of carbonyl (C=O) groups excluding carboxylic acids is 1. The molecule has 0 radical (unpaired) electrons. The fourth-order valence-corrected chi connectivity index (χ4v) is 2.05. The molecule has 20 heavy (non-hydrogen) atoms. The summed E-state index contributed by atoms with van der Waals surface area (Å²) in [5.41, 5.74) is 9.50. The van der Waals surface area contributed by atoms with Crippen molar-refractivity contribution in [1.29, 1.82) is 0 Å². The molecular formula is C17H19NO2. The van der Waals surface area contributed by atoms with Crippen LogP contribution in [0, 0.1) is 13.8 Å². The molecule has 0 aliphatic rings. The van der Waals surface area contributed by atoms with Crippen molar-refractivity contribution in [2.75, 3.05) is 0 Å². The zero-order valence-electron chi connectivity index (χ0n) is 11.8. The monoisotopic (exact) mass is 269 g/mol. The first-order valence-corrected chi connectivity index (χ1v) is 6.61. The van der Waals surface area contributed by atoms with Crippen LogP contribution in [-0.4, -0.2) is 5.91 Å². The van der Waals surface area contributed by atoms with Crippen LogP contribution in [0.1, 0.15) is 22.3 Å². The Labute approximate surface area is 119 Å². The smallest absolute Gasteiger partial charge is 0.221 e. The summed E-state index contributed by atoms with van der Waals surface area (Å²) in [7, 11) is 0. The molecule has 2 N–H and O–H groups in total. The number of hydrogen-bond acceptors (Lipinski definition) is 2. The van der Waals surface area contributed by atoms with E-state index in [1.165, 1.54) is 0 Å². The first kappa shape index (κ1) is 14.1. The maximum atomic E-state index is 11.2. The molecule has 2 aromatic carbocycles. The fraction of sp³-hybridized carbons (Fsp3) is 0.235. The molecule has 0 saturated carbocycles. The number of primary amides is 1. The minimum Gasteiger partial charge on any atom is -0.489 e. The maximum absolute atomic E-state index is 11.2. The Morgan fingerprint density at radius 3 is 2.40 bits per heavy atom. The van der Waals surface area contributed by atoms with Gasteiger partial charge in [0, 0.05) is 5.56 Å². The number of carbonyl (C=O) groups is 1. The van der Waals surface area contributed by atoms with Crippen molar-refractivity contribution in [3.8, 4) is 5.75 Å². The maximum Gasteiger partial charge on any atom is 0.221 e. The van der Waals surface area contributed by atoms with Crippen LogP contribution in [-0.2, 0) is 17.8 Å². The van der Waals surface area contributed by atoms with Gasteiger partial charge in [0.25, 0.3) is 0 Å². The standard InChI is InChI=1S/C17H19NO2/c1-12-8-15(10-17(18)19)16(9-13(12)2)20-11-14-6-4-3-5-7-14/h3-9H,10-11H2,1-2H3,(H2,18,19). The first-order chi connectivity index (χ1) is 9.56. The number of benzene rings is 2. The number of amides is 1. The molecule has 0 unspecified atom stereocenters. The van der Waals surface area contributed by atoms with Crippen LogP contribution < -0.4 is 10.5 Å². The summed E-state index contributed by atoms with van der Waals surface area (Å²) in [6.45, 7) is 4.52. The van der Waals surface area contributed by atoms with Crippen molar-refractivity contribution < 1.29 is 9.53 Å². The molecule has 0 heterocycles. The summed E-state index contributed by atoms with van der Waals surface area (Å²) < 4.78 is 5.85. The molecule has 0 aromatic heterocycles. The number of aryl methyl sites for hydroxylation is 2. The molecule has 3 heteroatoms. The molecular weight excluding hydrogens is 250 g/mol. The topological polar surface area (TPSA) is 52.3 Å². The molecule has 104 valence electrons. The van der Waals surface area contributed by atoms with E-state index in [1.807, 2.05) is 56.3 Å². The van der Waals surface area contributed by atoms with Gasteiger partial charge in [0.15, 0.2) is 0 Å². The lowest BCUT2D eigenvalue weighted by Gasteiger charge is -2.13. The van der Waals surface area contributed by atoms with E-state index in [0.717, 1.165) is 28.0 Å². The van der Waals surface area contributed by atoms with Crippen molar-refractivity contribution >= 4 is 5.91 Å². The molecule has 0 atom stereocenters. The lowest BCUT2D eigenvalue weighted by molar-refractivity contribution is -0.117. The van der Waals surface area contributed by atoms with E-state index in [1.54, 1.807) is 0 Å². The second kappa shape index (κ2) is 6.24. The number of rotatable bonds is 5. The van der Waals surface area contributed by atoms with Crippen LogP contribution in [0.2, 0.25) is 0 Å². The van der Waals surface area contributed by atoms with Gasteiger partial charge in [-0.2, -0.15) is 0 Å². The summed E-state index contributed by atoms with van der Waals surface area (Å²) >= 11 is 0. The highest BCUT2D eigenvalue weighted by Gasteiger charge is 2.09. The predicted octanol–water partition coefficient (Wildman–Crippen LogP) is 2.91. The number of nitrogens with two attached hydrogens (primary N) is 1. The van der Waals surface area contributed by atoms with E-state index in [2.05, 4.69) is 0 Å². The highest BCUT2D eigenvalue weighted by atomic mass is 16.5. The summed E-state index contributed by atoms with van der Waals surface area (Å²) in [4.78, 5) is 11.2. The van der Waals surface area contributed by atoms with Gasteiger partial charge < -0.3 is 10.5 Å². The van der Waals surface area contributed by atoms with Gasteiger partial charge in [-0.25, -0.2) is 0 Å². The van der Waals surface area contributed by atoms with E-state index < -0.39 is 0 Å². The van der Waals surface area contributed by atoms with Gasteiger partial charge in [-0.3, -0.25) is 4.79 Å². The van der Waals surface area contributed by atoms with Crippen LogP contribution in [0.25, 0.3) is 0 Å². The van der Waals surface area contributed by atoms with Crippen molar-refractivity contribution in [2.45, 2.75) is 26.9 Å². The van der Waals surface area contributed by atoms with Crippen LogP contribution in [0.4, 0.5) is 0 Å². The molecule has 1 amide bonds. The van der Waals surface area contributed by atoms with Gasteiger partial charge in [-0.15, -0.1) is 0 Å². The molecule has 0 saturated heterocycles. The van der Waals surface area contributed by atoms with Gasteiger partial charge in [-0.05, 0) is 36.6 Å². The Kier molecular flexibility index (Phi) is 4.41. The lowest BCUT2D eigenvalue weighted by Crippen LogP contribution is -2.14. The third-order valence-electron chi connectivity index (χ3n) is 3.28. The normalized spacial score (nSPS) is 10.3. The Balaban J connectivity index is 2.21. The molecule has 0 aliphatic carbocycles. The number of ether oxygens (including phenoxy) is 1.